The third kappa shape index (κ3) is 3.44. The average Bonchev–Trinajstić information content (AvgIpc) is 2.70. The molecule has 1 N–H and O–H groups in total. The van der Waals surface area contributed by atoms with Crippen molar-refractivity contribution >= 4 is 0 Å². The number of aliphatic hydroxyl groups is 1. The number of methoxy groups -OCH3 is 1. The highest BCUT2D eigenvalue weighted by Gasteiger charge is 2.41. The van der Waals surface area contributed by atoms with Crippen LogP contribution in [0.25, 0.3) is 0 Å². The van der Waals surface area contributed by atoms with E-state index in [-0.39, 0.29) is 12.1 Å². The number of aliphatic hydroxyl groups excluding tert-OH is 1. The molecule has 0 aromatic heterocycles. The number of fused-ring (bicyclic) bond motifs is 3. The Labute approximate surface area is 155 Å². The van der Waals surface area contributed by atoms with Crippen molar-refractivity contribution in [3.8, 4) is 11.5 Å². The van der Waals surface area contributed by atoms with Crippen LogP contribution in [0.4, 0.5) is 0 Å². The van der Waals surface area contributed by atoms with E-state index < -0.39 is 0 Å². The number of hydrogen-bond donors (Lipinski definition) is 1. The maximum atomic E-state index is 10.7. The molecule has 3 aliphatic rings. The summed E-state index contributed by atoms with van der Waals surface area (Å²) in [5.74, 6) is 2.00. The van der Waals surface area contributed by atoms with Gasteiger partial charge < -0.3 is 14.6 Å². The van der Waals surface area contributed by atoms with Crippen molar-refractivity contribution in [1.82, 2.24) is 4.90 Å². The molecule has 4 heteroatoms. The third-order valence-corrected chi connectivity index (χ3v) is 5.86. The summed E-state index contributed by atoms with van der Waals surface area (Å²) in [4.78, 5) is 2.44. The van der Waals surface area contributed by atoms with E-state index in [0.29, 0.717) is 12.5 Å². The zero-order chi connectivity index (χ0) is 17.9. The fourth-order valence-corrected chi connectivity index (χ4v) is 4.37. The SMILES string of the molecule is COc1cccc(CC2C(O)C3CCN2CC3)c1OCc1ccccc1. The van der Waals surface area contributed by atoms with Gasteiger partial charge in [0.15, 0.2) is 11.5 Å². The number of para-hydroxylation sites is 1. The van der Waals surface area contributed by atoms with Crippen LogP contribution >= 0.6 is 0 Å². The Bertz CT molecular complexity index is 723. The molecule has 3 saturated heterocycles. The minimum absolute atomic E-state index is 0.175. The molecule has 0 spiro atoms. The first-order valence-electron chi connectivity index (χ1n) is 9.51. The number of benzene rings is 2. The van der Waals surface area contributed by atoms with Gasteiger partial charge >= 0.3 is 0 Å². The monoisotopic (exact) mass is 353 g/mol. The number of piperidine rings is 3. The Morgan fingerprint density at radius 2 is 1.81 bits per heavy atom. The van der Waals surface area contributed by atoms with Crippen LogP contribution in [-0.2, 0) is 13.0 Å². The van der Waals surface area contributed by atoms with Gasteiger partial charge in [-0.05, 0) is 55.5 Å². The van der Waals surface area contributed by atoms with E-state index in [1.807, 2.05) is 30.3 Å². The minimum Gasteiger partial charge on any atom is -0.493 e. The summed E-state index contributed by atoms with van der Waals surface area (Å²) in [6.45, 7) is 2.70. The van der Waals surface area contributed by atoms with E-state index in [0.717, 1.165) is 55.0 Å². The molecule has 2 aromatic rings. The molecule has 2 aromatic carbocycles. The Hall–Kier alpha value is -2.04. The zero-order valence-corrected chi connectivity index (χ0v) is 15.3. The molecule has 0 saturated carbocycles. The summed E-state index contributed by atoms with van der Waals surface area (Å²) in [7, 11) is 1.68. The van der Waals surface area contributed by atoms with Crippen LogP contribution in [0, 0.1) is 5.92 Å². The van der Waals surface area contributed by atoms with Crippen molar-refractivity contribution in [1.29, 1.82) is 0 Å². The Balaban J connectivity index is 1.55. The van der Waals surface area contributed by atoms with Gasteiger partial charge in [-0.1, -0.05) is 42.5 Å². The zero-order valence-electron chi connectivity index (χ0n) is 15.3. The fourth-order valence-electron chi connectivity index (χ4n) is 4.37. The van der Waals surface area contributed by atoms with Crippen LogP contribution in [0.1, 0.15) is 24.0 Å². The lowest BCUT2D eigenvalue weighted by molar-refractivity contribution is -0.0717. The largest absolute Gasteiger partial charge is 0.493 e. The van der Waals surface area contributed by atoms with Gasteiger partial charge in [-0.15, -0.1) is 0 Å². The second-order valence-electron chi connectivity index (χ2n) is 7.36. The van der Waals surface area contributed by atoms with Crippen molar-refractivity contribution in [2.75, 3.05) is 20.2 Å². The smallest absolute Gasteiger partial charge is 0.164 e. The summed E-state index contributed by atoms with van der Waals surface area (Å²) in [5, 5.41) is 10.7. The number of nitrogens with zero attached hydrogens (tertiary/aromatic N) is 1. The second-order valence-corrected chi connectivity index (χ2v) is 7.36. The van der Waals surface area contributed by atoms with E-state index in [9.17, 15) is 5.11 Å². The maximum absolute atomic E-state index is 10.7. The molecular weight excluding hydrogens is 326 g/mol. The van der Waals surface area contributed by atoms with Crippen molar-refractivity contribution < 1.29 is 14.6 Å². The van der Waals surface area contributed by atoms with Crippen LogP contribution in [0.3, 0.4) is 0 Å². The number of rotatable bonds is 6. The van der Waals surface area contributed by atoms with Crippen LogP contribution < -0.4 is 9.47 Å². The van der Waals surface area contributed by atoms with Gasteiger partial charge in [0.05, 0.1) is 13.2 Å². The molecule has 0 radical (unpaired) electrons. The molecular formula is C22H27NO3. The molecule has 2 atom stereocenters. The number of ether oxygens (including phenoxy) is 2. The highest BCUT2D eigenvalue weighted by Crippen LogP contribution is 2.38. The highest BCUT2D eigenvalue weighted by atomic mass is 16.5. The van der Waals surface area contributed by atoms with Gasteiger partial charge in [-0.2, -0.15) is 0 Å². The van der Waals surface area contributed by atoms with Crippen molar-refractivity contribution in [3.05, 3.63) is 59.7 Å². The van der Waals surface area contributed by atoms with Crippen molar-refractivity contribution in [2.45, 2.75) is 38.0 Å². The van der Waals surface area contributed by atoms with Gasteiger partial charge in [0, 0.05) is 6.04 Å². The highest BCUT2D eigenvalue weighted by molar-refractivity contribution is 5.47. The predicted octanol–water partition coefficient (Wildman–Crippen LogP) is 3.27. The summed E-state index contributed by atoms with van der Waals surface area (Å²) < 4.78 is 11.7. The Morgan fingerprint density at radius 3 is 2.50 bits per heavy atom. The molecule has 4 nitrogen and oxygen atoms in total. The molecule has 2 bridgehead atoms. The summed E-state index contributed by atoms with van der Waals surface area (Å²) >= 11 is 0. The van der Waals surface area contributed by atoms with E-state index in [1.165, 1.54) is 0 Å². The average molecular weight is 353 g/mol. The topological polar surface area (TPSA) is 41.9 Å². The van der Waals surface area contributed by atoms with Gasteiger partial charge in [-0.25, -0.2) is 0 Å². The standard InChI is InChI=1S/C22H27NO3/c1-25-20-9-5-8-18(22(20)26-15-16-6-3-2-4-7-16)14-19-21(24)17-10-12-23(19)13-11-17/h2-9,17,19,21,24H,10-15H2,1H3. The first kappa shape index (κ1) is 17.4. The van der Waals surface area contributed by atoms with Gasteiger partial charge in [-0.3, -0.25) is 4.90 Å². The van der Waals surface area contributed by atoms with E-state index in [4.69, 9.17) is 9.47 Å². The normalized spacial score (nSPS) is 27.3. The first-order chi connectivity index (χ1) is 12.8. The molecule has 3 aliphatic heterocycles. The lowest BCUT2D eigenvalue weighted by atomic mass is 9.78. The lowest BCUT2D eigenvalue weighted by Gasteiger charge is -2.49. The second kappa shape index (κ2) is 7.68. The maximum Gasteiger partial charge on any atom is 0.164 e. The van der Waals surface area contributed by atoms with E-state index in [2.05, 4.69) is 23.1 Å². The van der Waals surface area contributed by atoms with Crippen molar-refractivity contribution in [3.63, 3.8) is 0 Å². The Morgan fingerprint density at radius 1 is 1.04 bits per heavy atom. The molecule has 5 rings (SSSR count). The van der Waals surface area contributed by atoms with Crippen LogP contribution in [0.5, 0.6) is 11.5 Å². The summed E-state index contributed by atoms with van der Waals surface area (Å²) in [5.41, 5.74) is 2.24. The van der Waals surface area contributed by atoms with E-state index >= 15 is 0 Å². The molecule has 3 heterocycles. The minimum atomic E-state index is -0.245. The first-order valence-corrected chi connectivity index (χ1v) is 9.51. The van der Waals surface area contributed by atoms with Crippen LogP contribution in [0.15, 0.2) is 48.5 Å². The lowest BCUT2D eigenvalue weighted by Crippen LogP contribution is -2.58. The molecule has 26 heavy (non-hydrogen) atoms. The predicted molar refractivity (Wildman–Crippen MR) is 102 cm³/mol. The van der Waals surface area contributed by atoms with Gasteiger partial charge in [0.2, 0.25) is 0 Å². The van der Waals surface area contributed by atoms with Gasteiger partial charge in [0.25, 0.3) is 0 Å². The third-order valence-electron chi connectivity index (χ3n) is 5.86. The van der Waals surface area contributed by atoms with Crippen LogP contribution in [0.2, 0.25) is 0 Å². The number of hydrogen-bond acceptors (Lipinski definition) is 4. The van der Waals surface area contributed by atoms with Gasteiger partial charge in [0.1, 0.15) is 6.61 Å². The van der Waals surface area contributed by atoms with Crippen LogP contribution in [-0.4, -0.2) is 42.4 Å². The molecule has 0 aliphatic carbocycles. The molecule has 2 unspecified atom stereocenters. The molecule has 0 amide bonds. The fraction of sp³-hybridized carbons (Fsp3) is 0.455. The molecule has 3 fully saturated rings. The molecule has 138 valence electrons. The Kier molecular flexibility index (Phi) is 5.14. The van der Waals surface area contributed by atoms with E-state index in [1.54, 1.807) is 7.11 Å². The summed E-state index contributed by atoms with van der Waals surface area (Å²) in [6, 6.07) is 16.4. The quantitative estimate of drug-likeness (QED) is 0.865. The van der Waals surface area contributed by atoms with Crippen molar-refractivity contribution in [2.24, 2.45) is 5.92 Å². The summed E-state index contributed by atoms with van der Waals surface area (Å²) in [6.07, 6.45) is 2.78.